The number of likely N-dealkylation sites (tertiary alicyclic amines) is 1. The molecule has 0 aliphatic carbocycles. The van der Waals surface area contributed by atoms with Crippen molar-refractivity contribution in [3.05, 3.63) is 34.4 Å². The maximum Gasteiger partial charge on any atom is 0.269 e. The fourth-order valence-electron chi connectivity index (χ4n) is 3.40. The van der Waals surface area contributed by atoms with Crippen molar-refractivity contribution >= 4 is 15.7 Å². The van der Waals surface area contributed by atoms with E-state index < -0.39 is 14.9 Å². The highest BCUT2D eigenvalue weighted by molar-refractivity contribution is 7.89. The van der Waals surface area contributed by atoms with Crippen molar-refractivity contribution in [2.24, 2.45) is 5.73 Å². The summed E-state index contributed by atoms with van der Waals surface area (Å²) < 4.78 is 26.9. The molecular weight excluding hydrogens is 332 g/mol. The molecule has 2 aliphatic rings. The van der Waals surface area contributed by atoms with E-state index in [0.29, 0.717) is 13.1 Å². The molecule has 0 unspecified atom stereocenters. The molecule has 0 spiro atoms. The van der Waals surface area contributed by atoms with Gasteiger partial charge in [-0.2, -0.15) is 4.31 Å². The summed E-state index contributed by atoms with van der Waals surface area (Å²) in [6, 6.07) is 5.55. The van der Waals surface area contributed by atoms with Crippen molar-refractivity contribution < 1.29 is 13.3 Å². The van der Waals surface area contributed by atoms with Crippen LogP contribution < -0.4 is 5.73 Å². The third-order valence-corrected chi connectivity index (χ3v) is 6.78. The van der Waals surface area contributed by atoms with Gasteiger partial charge >= 0.3 is 0 Å². The SMILES string of the molecule is NC1CCN([C@@H]2CCN(S(=O)(=O)c3ccc([N+](=O)[O-])cc3)C2)CC1. The van der Waals surface area contributed by atoms with E-state index in [-0.39, 0.29) is 22.7 Å². The van der Waals surface area contributed by atoms with Crippen LogP contribution in [0.5, 0.6) is 0 Å². The normalized spacial score (nSPS) is 24.3. The van der Waals surface area contributed by atoms with E-state index in [9.17, 15) is 18.5 Å². The van der Waals surface area contributed by atoms with Gasteiger partial charge in [0.25, 0.3) is 5.69 Å². The topological polar surface area (TPSA) is 110 Å². The van der Waals surface area contributed by atoms with E-state index in [1.54, 1.807) is 0 Å². The Labute approximate surface area is 141 Å². The zero-order chi connectivity index (χ0) is 17.3. The highest BCUT2D eigenvalue weighted by Gasteiger charge is 2.36. The fourth-order valence-corrected chi connectivity index (χ4v) is 4.89. The summed E-state index contributed by atoms with van der Waals surface area (Å²) in [5.41, 5.74) is 5.81. The zero-order valence-corrected chi connectivity index (χ0v) is 14.2. The number of non-ortho nitro benzene ring substituents is 1. The summed E-state index contributed by atoms with van der Waals surface area (Å²) >= 11 is 0. The summed E-state index contributed by atoms with van der Waals surface area (Å²) in [6.07, 6.45) is 2.71. The second kappa shape index (κ2) is 6.75. The van der Waals surface area contributed by atoms with Crippen LogP contribution >= 0.6 is 0 Å². The lowest BCUT2D eigenvalue weighted by atomic mass is 10.0. The smallest absolute Gasteiger partial charge is 0.269 e. The Morgan fingerprint density at radius 2 is 1.71 bits per heavy atom. The number of sulfonamides is 1. The maximum atomic E-state index is 12.7. The van der Waals surface area contributed by atoms with Gasteiger partial charge in [0.05, 0.1) is 9.82 Å². The molecule has 24 heavy (non-hydrogen) atoms. The van der Waals surface area contributed by atoms with Crippen LogP contribution in [0.25, 0.3) is 0 Å². The van der Waals surface area contributed by atoms with Crippen molar-refractivity contribution in [3.8, 4) is 0 Å². The molecule has 9 heteroatoms. The van der Waals surface area contributed by atoms with Gasteiger partial charge in [-0.1, -0.05) is 0 Å². The summed E-state index contributed by atoms with van der Waals surface area (Å²) in [4.78, 5) is 12.6. The first-order valence-electron chi connectivity index (χ1n) is 8.12. The van der Waals surface area contributed by atoms with E-state index in [1.165, 1.54) is 28.6 Å². The predicted octanol–water partition coefficient (Wildman–Crippen LogP) is 0.781. The van der Waals surface area contributed by atoms with Gasteiger partial charge in [-0.15, -0.1) is 0 Å². The Hall–Kier alpha value is -1.55. The van der Waals surface area contributed by atoms with E-state index in [1.807, 2.05) is 0 Å². The fraction of sp³-hybridized carbons (Fsp3) is 0.600. The monoisotopic (exact) mass is 354 g/mol. The van der Waals surface area contributed by atoms with Crippen LogP contribution in [0.3, 0.4) is 0 Å². The minimum atomic E-state index is -3.60. The van der Waals surface area contributed by atoms with Gasteiger partial charge < -0.3 is 5.73 Å². The first-order valence-corrected chi connectivity index (χ1v) is 9.56. The minimum absolute atomic E-state index is 0.106. The number of nitrogens with zero attached hydrogens (tertiary/aromatic N) is 3. The third-order valence-electron chi connectivity index (χ3n) is 4.90. The molecule has 0 amide bonds. The van der Waals surface area contributed by atoms with Crippen LogP contribution in [0.15, 0.2) is 29.2 Å². The van der Waals surface area contributed by atoms with Crippen molar-refractivity contribution in [3.63, 3.8) is 0 Å². The maximum absolute atomic E-state index is 12.7. The lowest BCUT2D eigenvalue weighted by Crippen LogP contribution is -2.46. The molecule has 0 bridgehead atoms. The molecule has 1 atom stereocenters. The van der Waals surface area contributed by atoms with E-state index >= 15 is 0 Å². The quantitative estimate of drug-likeness (QED) is 0.632. The summed E-state index contributed by atoms with van der Waals surface area (Å²) in [5, 5.41) is 10.7. The molecule has 0 aromatic heterocycles. The van der Waals surface area contributed by atoms with Crippen molar-refractivity contribution in [1.29, 1.82) is 0 Å². The van der Waals surface area contributed by atoms with Gasteiger partial charge in [-0.25, -0.2) is 8.42 Å². The highest BCUT2D eigenvalue weighted by atomic mass is 32.2. The highest BCUT2D eigenvalue weighted by Crippen LogP contribution is 2.26. The molecule has 132 valence electrons. The second-order valence-electron chi connectivity index (χ2n) is 6.43. The van der Waals surface area contributed by atoms with Crippen LogP contribution in [0, 0.1) is 10.1 Å². The first-order chi connectivity index (χ1) is 11.4. The van der Waals surface area contributed by atoms with E-state index in [4.69, 9.17) is 5.73 Å². The van der Waals surface area contributed by atoms with Crippen LogP contribution in [0.1, 0.15) is 19.3 Å². The first kappa shape index (κ1) is 17.3. The Morgan fingerprint density at radius 3 is 2.29 bits per heavy atom. The van der Waals surface area contributed by atoms with E-state index in [2.05, 4.69) is 4.90 Å². The van der Waals surface area contributed by atoms with Gasteiger partial charge in [0.15, 0.2) is 0 Å². The van der Waals surface area contributed by atoms with Crippen molar-refractivity contribution in [2.75, 3.05) is 26.2 Å². The van der Waals surface area contributed by atoms with Crippen molar-refractivity contribution in [2.45, 2.75) is 36.2 Å². The Kier molecular flexibility index (Phi) is 4.86. The van der Waals surface area contributed by atoms with Gasteiger partial charge in [0, 0.05) is 37.3 Å². The summed E-state index contributed by atoms with van der Waals surface area (Å²) in [6.45, 7) is 2.77. The van der Waals surface area contributed by atoms with Gasteiger partial charge in [-0.3, -0.25) is 15.0 Å². The molecule has 8 nitrogen and oxygen atoms in total. The van der Waals surface area contributed by atoms with Crippen LogP contribution in [0.2, 0.25) is 0 Å². The molecule has 2 heterocycles. The molecule has 1 aromatic carbocycles. The molecule has 0 radical (unpaired) electrons. The average molecular weight is 354 g/mol. The predicted molar refractivity (Wildman–Crippen MR) is 89.0 cm³/mol. The summed E-state index contributed by atoms with van der Waals surface area (Å²) in [5.74, 6) is 0. The second-order valence-corrected chi connectivity index (χ2v) is 8.37. The zero-order valence-electron chi connectivity index (χ0n) is 13.4. The Balaban J connectivity index is 1.68. The number of hydrogen-bond acceptors (Lipinski definition) is 6. The van der Waals surface area contributed by atoms with Crippen LogP contribution in [-0.4, -0.2) is 60.8 Å². The number of piperidine rings is 1. The van der Waals surface area contributed by atoms with Crippen LogP contribution in [-0.2, 0) is 10.0 Å². The molecular formula is C15H22N4O4S. The molecule has 2 N–H and O–H groups in total. The molecule has 0 saturated carbocycles. The Morgan fingerprint density at radius 1 is 1.08 bits per heavy atom. The minimum Gasteiger partial charge on any atom is -0.328 e. The molecule has 1 aromatic rings. The molecule has 2 saturated heterocycles. The third kappa shape index (κ3) is 3.44. The Bertz CT molecular complexity index is 699. The van der Waals surface area contributed by atoms with Gasteiger partial charge in [0.2, 0.25) is 10.0 Å². The number of nitro groups is 1. The lowest BCUT2D eigenvalue weighted by molar-refractivity contribution is -0.384. The van der Waals surface area contributed by atoms with Gasteiger partial charge in [-0.05, 0) is 44.5 Å². The molecule has 2 fully saturated rings. The standard InChI is InChI=1S/C15H22N4O4S/c16-12-5-8-17(9-6-12)14-7-10-18(11-14)24(22,23)15-3-1-13(2-4-15)19(20)21/h1-4,12,14H,5-11,16H2/t14-/m1/s1. The van der Waals surface area contributed by atoms with Crippen molar-refractivity contribution in [1.82, 2.24) is 9.21 Å². The van der Waals surface area contributed by atoms with Crippen LogP contribution in [0.4, 0.5) is 5.69 Å². The van der Waals surface area contributed by atoms with E-state index in [0.717, 1.165) is 32.4 Å². The van der Waals surface area contributed by atoms with Gasteiger partial charge in [0.1, 0.15) is 0 Å². The largest absolute Gasteiger partial charge is 0.328 e. The number of rotatable bonds is 4. The number of nitrogens with two attached hydrogens (primary N) is 1. The molecule has 3 rings (SSSR count). The molecule has 2 aliphatic heterocycles. The number of nitro benzene ring substituents is 1. The lowest BCUT2D eigenvalue weighted by Gasteiger charge is -2.34. The number of benzene rings is 1. The summed E-state index contributed by atoms with van der Waals surface area (Å²) in [7, 11) is -3.60. The number of hydrogen-bond donors (Lipinski definition) is 1. The average Bonchev–Trinajstić information content (AvgIpc) is 3.06.